The summed E-state index contributed by atoms with van der Waals surface area (Å²) in [5.74, 6) is -1.08. The SMILES string of the molecule is O=CC(c1cccnn1)c1ccccc1C(F)(F)F. The van der Waals surface area contributed by atoms with Gasteiger partial charge in [-0.25, -0.2) is 0 Å². The molecule has 1 unspecified atom stereocenters. The van der Waals surface area contributed by atoms with Crippen LogP contribution < -0.4 is 0 Å². The lowest BCUT2D eigenvalue weighted by atomic mass is 9.92. The predicted molar refractivity (Wildman–Crippen MR) is 61.4 cm³/mol. The van der Waals surface area contributed by atoms with Crippen molar-refractivity contribution >= 4 is 6.29 Å². The minimum Gasteiger partial charge on any atom is -0.302 e. The molecule has 1 aromatic carbocycles. The maximum absolute atomic E-state index is 12.9. The first-order valence-corrected chi connectivity index (χ1v) is 5.43. The highest BCUT2D eigenvalue weighted by atomic mass is 19.4. The molecule has 3 nitrogen and oxygen atoms in total. The smallest absolute Gasteiger partial charge is 0.302 e. The Morgan fingerprint density at radius 2 is 1.84 bits per heavy atom. The number of nitrogens with zero attached hydrogens (tertiary/aromatic N) is 2. The van der Waals surface area contributed by atoms with Crippen LogP contribution in [0.15, 0.2) is 42.6 Å². The van der Waals surface area contributed by atoms with Crippen molar-refractivity contribution in [3.05, 3.63) is 59.4 Å². The van der Waals surface area contributed by atoms with Gasteiger partial charge in [0, 0.05) is 6.20 Å². The van der Waals surface area contributed by atoms with Crippen LogP contribution in [0.25, 0.3) is 0 Å². The molecule has 0 spiro atoms. The van der Waals surface area contributed by atoms with E-state index in [2.05, 4.69) is 10.2 Å². The third kappa shape index (κ3) is 2.78. The van der Waals surface area contributed by atoms with Crippen LogP contribution in [0.1, 0.15) is 22.7 Å². The third-order valence-corrected chi connectivity index (χ3v) is 2.65. The second-order valence-electron chi connectivity index (χ2n) is 3.85. The van der Waals surface area contributed by atoms with E-state index in [1.54, 1.807) is 0 Å². The summed E-state index contributed by atoms with van der Waals surface area (Å²) in [4.78, 5) is 11.1. The number of carbonyl (C=O) groups excluding carboxylic acids is 1. The number of hydrogen-bond acceptors (Lipinski definition) is 3. The molecule has 2 rings (SSSR count). The first-order valence-electron chi connectivity index (χ1n) is 5.43. The van der Waals surface area contributed by atoms with Gasteiger partial charge >= 0.3 is 6.18 Å². The summed E-state index contributed by atoms with van der Waals surface area (Å²) in [6.07, 6.45) is -2.68. The molecule has 2 aromatic rings. The number of alkyl halides is 3. The van der Waals surface area contributed by atoms with Gasteiger partial charge in [0.2, 0.25) is 0 Å². The highest BCUT2D eigenvalue weighted by Gasteiger charge is 2.35. The molecule has 0 bridgehead atoms. The Morgan fingerprint density at radius 1 is 1.11 bits per heavy atom. The number of rotatable bonds is 3. The van der Waals surface area contributed by atoms with Gasteiger partial charge in [0.15, 0.2) is 0 Å². The first kappa shape index (κ1) is 13.2. The van der Waals surface area contributed by atoms with Crippen LogP contribution in [0, 0.1) is 0 Å². The maximum atomic E-state index is 12.9. The van der Waals surface area contributed by atoms with Crippen LogP contribution in [0.5, 0.6) is 0 Å². The number of hydrogen-bond donors (Lipinski definition) is 0. The van der Waals surface area contributed by atoms with E-state index in [9.17, 15) is 18.0 Å². The minimum atomic E-state index is -4.51. The van der Waals surface area contributed by atoms with Gasteiger partial charge in [0.25, 0.3) is 0 Å². The Labute approximate surface area is 107 Å². The van der Waals surface area contributed by atoms with Crippen molar-refractivity contribution in [2.45, 2.75) is 12.1 Å². The van der Waals surface area contributed by atoms with Gasteiger partial charge in [-0.3, -0.25) is 0 Å². The molecule has 0 aliphatic carbocycles. The number of halogens is 3. The summed E-state index contributed by atoms with van der Waals surface area (Å²) in [5.41, 5.74) is -0.766. The van der Waals surface area contributed by atoms with Gasteiger partial charge in [-0.2, -0.15) is 23.4 Å². The highest BCUT2D eigenvalue weighted by Crippen LogP contribution is 2.36. The van der Waals surface area contributed by atoms with Gasteiger partial charge < -0.3 is 4.79 Å². The summed E-state index contributed by atoms with van der Waals surface area (Å²) >= 11 is 0. The molecule has 1 aromatic heterocycles. The highest BCUT2D eigenvalue weighted by molar-refractivity contribution is 5.68. The number of aldehydes is 1. The Hall–Kier alpha value is -2.24. The van der Waals surface area contributed by atoms with E-state index in [-0.39, 0.29) is 11.3 Å². The zero-order chi connectivity index (χ0) is 13.9. The normalized spacial score (nSPS) is 13.0. The van der Waals surface area contributed by atoms with Crippen molar-refractivity contribution in [1.82, 2.24) is 10.2 Å². The van der Waals surface area contributed by atoms with Gasteiger partial charge in [-0.1, -0.05) is 18.2 Å². The minimum absolute atomic E-state index is 0.120. The standard InChI is InChI=1S/C13H9F3N2O/c14-13(15,16)11-5-2-1-4-9(11)10(8-19)12-6-3-7-17-18-12/h1-8,10H. The second-order valence-corrected chi connectivity index (χ2v) is 3.85. The number of benzene rings is 1. The van der Waals surface area contributed by atoms with E-state index >= 15 is 0 Å². The van der Waals surface area contributed by atoms with Crippen molar-refractivity contribution in [2.75, 3.05) is 0 Å². The summed E-state index contributed by atoms with van der Waals surface area (Å²) < 4.78 is 38.7. The van der Waals surface area contributed by atoms with Crippen molar-refractivity contribution in [3.8, 4) is 0 Å². The first-order chi connectivity index (χ1) is 9.04. The Balaban J connectivity index is 2.54. The average molecular weight is 266 g/mol. The molecule has 0 saturated heterocycles. The van der Waals surface area contributed by atoms with Crippen molar-refractivity contribution in [3.63, 3.8) is 0 Å². The fourth-order valence-electron chi connectivity index (χ4n) is 1.81. The predicted octanol–water partition coefficient (Wildman–Crippen LogP) is 2.83. The summed E-state index contributed by atoms with van der Waals surface area (Å²) in [7, 11) is 0. The number of aromatic nitrogens is 2. The Bertz CT molecular complexity index is 570. The zero-order valence-corrected chi connectivity index (χ0v) is 9.63. The van der Waals surface area contributed by atoms with Crippen LogP contribution in [0.4, 0.5) is 13.2 Å². The molecular weight excluding hydrogens is 257 g/mol. The molecule has 0 radical (unpaired) electrons. The fraction of sp³-hybridized carbons (Fsp3) is 0.154. The quantitative estimate of drug-likeness (QED) is 0.802. The van der Waals surface area contributed by atoms with E-state index in [1.165, 1.54) is 36.5 Å². The van der Waals surface area contributed by atoms with Crippen LogP contribution in [-0.4, -0.2) is 16.5 Å². The molecule has 98 valence electrons. The monoisotopic (exact) mass is 266 g/mol. The van der Waals surface area contributed by atoms with Gasteiger partial charge in [-0.05, 0) is 23.8 Å². The molecule has 0 fully saturated rings. The van der Waals surface area contributed by atoms with Crippen LogP contribution in [0.2, 0.25) is 0 Å². The van der Waals surface area contributed by atoms with Crippen molar-refractivity contribution < 1.29 is 18.0 Å². The lowest BCUT2D eigenvalue weighted by molar-refractivity contribution is -0.138. The molecular formula is C13H9F3N2O. The van der Waals surface area contributed by atoms with Crippen molar-refractivity contribution in [2.24, 2.45) is 0 Å². The van der Waals surface area contributed by atoms with Crippen LogP contribution in [-0.2, 0) is 11.0 Å². The molecule has 1 heterocycles. The van der Waals surface area contributed by atoms with Crippen LogP contribution >= 0.6 is 0 Å². The molecule has 0 aliphatic heterocycles. The molecule has 1 atom stereocenters. The zero-order valence-electron chi connectivity index (χ0n) is 9.63. The summed E-state index contributed by atoms with van der Waals surface area (Å²) in [6.45, 7) is 0. The van der Waals surface area contributed by atoms with Gasteiger partial charge in [0.1, 0.15) is 6.29 Å². The van der Waals surface area contributed by atoms with E-state index in [1.807, 2.05) is 0 Å². The van der Waals surface area contributed by atoms with Gasteiger partial charge in [0.05, 0.1) is 17.2 Å². The molecule has 0 N–H and O–H groups in total. The number of carbonyl (C=O) groups is 1. The molecule has 0 amide bonds. The Kier molecular flexibility index (Phi) is 3.59. The van der Waals surface area contributed by atoms with Crippen LogP contribution in [0.3, 0.4) is 0 Å². The topological polar surface area (TPSA) is 42.9 Å². The Morgan fingerprint density at radius 3 is 2.42 bits per heavy atom. The molecule has 6 heteroatoms. The fourth-order valence-corrected chi connectivity index (χ4v) is 1.81. The van der Waals surface area contributed by atoms with E-state index < -0.39 is 17.7 Å². The lowest BCUT2D eigenvalue weighted by Gasteiger charge is -2.16. The van der Waals surface area contributed by atoms with E-state index in [4.69, 9.17) is 0 Å². The second kappa shape index (κ2) is 5.17. The summed E-state index contributed by atoms with van der Waals surface area (Å²) in [5, 5.41) is 7.28. The molecule has 0 aliphatic rings. The average Bonchev–Trinajstić information content (AvgIpc) is 2.40. The van der Waals surface area contributed by atoms with E-state index in [0.717, 1.165) is 6.07 Å². The van der Waals surface area contributed by atoms with Crippen molar-refractivity contribution in [1.29, 1.82) is 0 Å². The summed E-state index contributed by atoms with van der Waals surface area (Å²) in [6, 6.07) is 7.95. The maximum Gasteiger partial charge on any atom is 0.416 e. The third-order valence-electron chi connectivity index (χ3n) is 2.65. The lowest BCUT2D eigenvalue weighted by Crippen LogP contribution is -2.14. The molecule has 0 saturated carbocycles. The van der Waals surface area contributed by atoms with E-state index in [0.29, 0.717) is 6.29 Å². The van der Waals surface area contributed by atoms with Gasteiger partial charge in [-0.15, -0.1) is 0 Å². The molecule has 19 heavy (non-hydrogen) atoms. The largest absolute Gasteiger partial charge is 0.416 e.